The highest BCUT2D eigenvalue weighted by Gasteiger charge is 2.25. The summed E-state index contributed by atoms with van der Waals surface area (Å²) in [5.41, 5.74) is 8.13. The lowest BCUT2D eigenvalue weighted by Crippen LogP contribution is -2.45. The van der Waals surface area contributed by atoms with Crippen molar-refractivity contribution in [3.05, 3.63) is 33.9 Å². The number of piperidine rings is 1. The van der Waals surface area contributed by atoms with Crippen LogP contribution in [-0.2, 0) is 0 Å². The molecule has 1 aromatic carbocycles. The van der Waals surface area contributed by atoms with Gasteiger partial charge in [0.15, 0.2) is 0 Å². The molecule has 2 unspecified atom stereocenters. The second-order valence-corrected chi connectivity index (χ2v) is 5.05. The zero-order chi connectivity index (χ0) is 13.3. The Bertz CT molecular complexity index is 462. The molecule has 0 aliphatic carbocycles. The van der Waals surface area contributed by atoms with E-state index in [0.29, 0.717) is 6.04 Å². The van der Waals surface area contributed by atoms with Crippen LogP contribution in [0.25, 0.3) is 0 Å². The van der Waals surface area contributed by atoms with Crippen molar-refractivity contribution >= 4 is 11.4 Å². The number of nitro benzene ring substituents is 1. The molecule has 5 heteroatoms. The van der Waals surface area contributed by atoms with Crippen LogP contribution in [-0.4, -0.2) is 23.6 Å². The summed E-state index contributed by atoms with van der Waals surface area (Å²) >= 11 is 0. The summed E-state index contributed by atoms with van der Waals surface area (Å²) in [6.45, 7) is 4.97. The molecule has 1 heterocycles. The average Bonchev–Trinajstić information content (AvgIpc) is 2.30. The van der Waals surface area contributed by atoms with Gasteiger partial charge in [-0.3, -0.25) is 10.1 Å². The third-order valence-corrected chi connectivity index (χ3v) is 3.63. The van der Waals surface area contributed by atoms with E-state index in [1.54, 1.807) is 12.1 Å². The molecule has 0 saturated carbocycles. The summed E-state index contributed by atoms with van der Waals surface area (Å²) in [4.78, 5) is 12.7. The first-order chi connectivity index (χ1) is 8.49. The van der Waals surface area contributed by atoms with Gasteiger partial charge < -0.3 is 10.6 Å². The SMILES string of the molecule is Cc1ccc([N+](=O)[O-])cc1N1CCC(N)CC1C. The van der Waals surface area contributed by atoms with Crippen molar-refractivity contribution in [2.75, 3.05) is 11.4 Å². The fourth-order valence-electron chi connectivity index (χ4n) is 2.59. The second kappa shape index (κ2) is 4.94. The number of anilines is 1. The van der Waals surface area contributed by atoms with Crippen molar-refractivity contribution in [3.8, 4) is 0 Å². The summed E-state index contributed by atoms with van der Waals surface area (Å²) < 4.78 is 0. The van der Waals surface area contributed by atoms with Crippen LogP contribution in [0.5, 0.6) is 0 Å². The zero-order valence-electron chi connectivity index (χ0n) is 10.8. The number of nitrogens with zero attached hydrogens (tertiary/aromatic N) is 2. The molecule has 1 aliphatic heterocycles. The molecule has 0 bridgehead atoms. The van der Waals surface area contributed by atoms with E-state index in [0.717, 1.165) is 30.6 Å². The van der Waals surface area contributed by atoms with Crippen LogP contribution < -0.4 is 10.6 Å². The number of hydrogen-bond donors (Lipinski definition) is 1. The van der Waals surface area contributed by atoms with Gasteiger partial charge in [-0.1, -0.05) is 6.07 Å². The fourth-order valence-corrected chi connectivity index (χ4v) is 2.59. The van der Waals surface area contributed by atoms with E-state index in [4.69, 9.17) is 5.73 Å². The number of hydrogen-bond acceptors (Lipinski definition) is 4. The molecule has 1 saturated heterocycles. The van der Waals surface area contributed by atoms with Gasteiger partial charge in [0, 0.05) is 36.4 Å². The Morgan fingerprint density at radius 3 is 2.83 bits per heavy atom. The predicted octanol–water partition coefficient (Wildman–Crippen LogP) is 2.22. The molecule has 1 aliphatic rings. The van der Waals surface area contributed by atoms with Crippen LogP contribution in [0, 0.1) is 17.0 Å². The Hall–Kier alpha value is -1.62. The molecule has 5 nitrogen and oxygen atoms in total. The molecule has 0 spiro atoms. The summed E-state index contributed by atoms with van der Waals surface area (Å²) in [5, 5.41) is 10.8. The standard InChI is InChI=1S/C13H19N3O2/c1-9-3-4-12(16(17)18)8-13(9)15-6-5-11(14)7-10(15)2/h3-4,8,10-11H,5-7,14H2,1-2H3. The van der Waals surface area contributed by atoms with Gasteiger partial charge >= 0.3 is 0 Å². The normalized spacial score (nSPS) is 24.1. The molecule has 2 N–H and O–H groups in total. The first-order valence-electron chi connectivity index (χ1n) is 6.26. The van der Waals surface area contributed by atoms with Crippen LogP contribution in [0.2, 0.25) is 0 Å². The summed E-state index contributed by atoms with van der Waals surface area (Å²) in [5.74, 6) is 0. The lowest BCUT2D eigenvalue weighted by molar-refractivity contribution is -0.384. The first-order valence-corrected chi connectivity index (χ1v) is 6.26. The molecule has 0 radical (unpaired) electrons. The van der Waals surface area contributed by atoms with Gasteiger partial charge in [-0.15, -0.1) is 0 Å². The van der Waals surface area contributed by atoms with E-state index in [1.807, 2.05) is 13.0 Å². The molecule has 18 heavy (non-hydrogen) atoms. The lowest BCUT2D eigenvalue weighted by Gasteiger charge is -2.38. The van der Waals surface area contributed by atoms with Gasteiger partial charge in [0.25, 0.3) is 5.69 Å². The zero-order valence-corrected chi connectivity index (χ0v) is 10.8. The molecular weight excluding hydrogens is 230 g/mol. The first kappa shape index (κ1) is 12.8. The quantitative estimate of drug-likeness (QED) is 0.644. The summed E-state index contributed by atoms with van der Waals surface area (Å²) in [7, 11) is 0. The average molecular weight is 249 g/mol. The molecule has 2 atom stereocenters. The van der Waals surface area contributed by atoms with E-state index < -0.39 is 0 Å². The monoisotopic (exact) mass is 249 g/mol. The molecule has 1 fully saturated rings. The molecule has 1 aromatic rings. The van der Waals surface area contributed by atoms with Gasteiger partial charge in [-0.25, -0.2) is 0 Å². The Labute approximate surface area is 107 Å². The van der Waals surface area contributed by atoms with E-state index in [1.165, 1.54) is 0 Å². The Kier molecular flexibility index (Phi) is 3.52. The number of nitro groups is 1. The second-order valence-electron chi connectivity index (χ2n) is 5.05. The topological polar surface area (TPSA) is 72.4 Å². The van der Waals surface area contributed by atoms with Crippen molar-refractivity contribution < 1.29 is 4.92 Å². The van der Waals surface area contributed by atoms with Crippen LogP contribution in [0.4, 0.5) is 11.4 Å². The van der Waals surface area contributed by atoms with Crippen molar-refractivity contribution in [2.24, 2.45) is 5.73 Å². The largest absolute Gasteiger partial charge is 0.368 e. The fraction of sp³-hybridized carbons (Fsp3) is 0.538. The highest BCUT2D eigenvalue weighted by atomic mass is 16.6. The van der Waals surface area contributed by atoms with Crippen molar-refractivity contribution in [1.82, 2.24) is 0 Å². The van der Waals surface area contributed by atoms with E-state index in [9.17, 15) is 10.1 Å². The molecule has 0 amide bonds. The summed E-state index contributed by atoms with van der Waals surface area (Å²) in [6, 6.07) is 5.61. The van der Waals surface area contributed by atoms with E-state index in [-0.39, 0.29) is 16.7 Å². The Morgan fingerprint density at radius 1 is 1.50 bits per heavy atom. The lowest BCUT2D eigenvalue weighted by atomic mass is 9.97. The maximum atomic E-state index is 10.8. The van der Waals surface area contributed by atoms with Crippen molar-refractivity contribution in [1.29, 1.82) is 0 Å². The molecule has 98 valence electrons. The van der Waals surface area contributed by atoms with Crippen LogP contribution in [0.3, 0.4) is 0 Å². The maximum Gasteiger partial charge on any atom is 0.271 e. The Balaban J connectivity index is 2.32. The van der Waals surface area contributed by atoms with E-state index >= 15 is 0 Å². The summed E-state index contributed by atoms with van der Waals surface area (Å²) in [6.07, 6.45) is 1.87. The maximum absolute atomic E-state index is 10.8. The predicted molar refractivity (Wildman–Crippen MR) is 71.9 cm³/mol. The minimum Gasteiger partial charge on any atom is -0.368 e. The van der Waals surface area contributed by atoms with Crippen LogP contribution in [0.1, 0.15) is 25.3 Å². The highest BCUT2D eigenvalue weighted by molar-refractivity contribution is 5.59. The number of aryl methyl sites for hydroxylation is 1. The van der Waals surface area contributed by atoms with Gasteiger partial charge in [-0.2, -0.15) is 0 Å². The van der Waals surface area contributed by atoms with Crippen LogP contribution >= 0.6 is 0 Å². The number of rotatable bonds is 2. The minimum absolute atomic E-state index is 0.151. The highest BCUT2D eigenvalue weighted by Crippen LogP contribution is 2.30. The van der Waals surface area contributed by atoms with Gasteiger partial charge in [0.2, 0.25) is 0 Å². The molecule has 2 rings (SSSR count). The van der Waals surface area contributed by atoms with Crippen LogP contribution in [0.15, 0.2) is 18.2 Å². The number of nitrogens with two attached hydrogens (primary N) is 1. The number of benzene rings is 1. The third-order valence-electron chi connectivity index (χ3n) is 3.63. The van der Waals surface area contributed by atoms with E-state index in [2.05, 4.69) is 11.8 Å². The molecule has 0 aromatic heterocycles. The minimum atomic E-state index is -0.344. The van der Waals surface area contributed by atoms with Gasteiger partial charge in [-0.05, 0) is 32.3 Å². The Morgan fingerprint density at radius 2 is 2.22 bits per heavy atom. The van der Waals surface area contributed by atoms with Crippen molar-refractivity contribution in [3.63, 3.8) is 0 Å². The molecular formula is C13H19N3O2. The van der Waals surface area contributed by atoms with Gasteiger partial charge in [0.1, 0.15) is 0 Å². The smallest absolute Gasteiger partial charge is 0.271 e. The third kappa shape index (κ3) is 2.46. The van der Waals surface area contributed by atoms with Gasteiger partial charge in [0.05, 0.1) is 4.92 Å². The van der Waals surface area contributed by atoms with Crippen molar-refractivity contribution in [2.45, 2.75) is 38.8 Å². The number of non-ortho nitro benzene ring substituents is 1.